The molecule has 0 aromatic heterocycles. The zero-order valence-electron chi connectivity index (χ0n) is 14.4. The number of carbonyl (C=O) groups is 2. The zero-order valence-corrected chi connectivity index (χ0v) is 16.7. The Hall–Kier alpha value is -1.35. The lowest BCUT2D eigenvalue weighted by Gasteiger charge is -2.20. The van der Waals surface area contributed by atoms with Crippen LogP contribution in [0.2, 0.25) is 10.0 Å². The largest absolute Gasteiger partial charge is 0.456 e. The highest BCUT2D eigenvalue weighted by molar-refractivity contribution is 7.89. The molecule has 3 rings (SSSR count). The number of halogens is 2. The van der Waals surface area contributed by atoms with Gasteiger partial charge in [-0.15, -0.1) is 0 Å². The van der Waals surface area contributed by atoms with Gasteiger partial charge in [-0.2, -0.15) is 0 Å². The highest BCUT2D eigenvalue weighted by Gasteiger charge is 2.40. The van der Waals surface area contributed by atoms with E-state index in [0.29, 0.717) is 18.3 Å². The SMILES string of the molecule is NS(=O)(=O)c1cc(Cl)c(NC(=O)COC(=O)C[C@@H]2C[C@H]3CC[C@H]2C3)c(Cl)c1. The lowest BCUT2D eigenvalue weighted by atomic mass is 9.86. The van der Waals surface area contributed by atoms with Crippen LogP contribution in [-0.4, -0.2) is 26.9 Å². The zero-order chi connectivity index (χ0) is 19.8. The van der Waals surface area contributed by atoms with Crippen molar-refractivity contribution in [3.8, 4) is 0 Å². The molecule has 148 valence electrons. The van der Waals surface area contributed by atoms with Crippen LogP contribution in [0.4, 0.5) is 5.69 Å². The maximum Gasteiger partial charge on any atom is 0.306 e. The number of rotatable bonds is 6. The molecule has 1 aromatic rings. The molecule has 7 nitrogen and oxygen atoms in total. The van der Waals surface area contributed by atoms with Gasteiger partial charge < -0.3 is 10.1 Å². The second kappa shape index (κ2) is 7.95. The Morgan fingerprint density at radius 2 is 1.85 bits per heavy atom. The quantitative estimate of drug-likeness (QED) is 0.667. The average molecular weight is 435 g/mol. The minimum absolute atomic E-state index is 0.0277. The van der Waals surface area contributed by atoms with Gasteiger partial charge in [0.25, 0.3) is 5.91 Å². The fourth-order valence-electron chi connectivity index (χ4n) is 4.05. The molecule has 3 N–H and O–H groups in total. The second-order valence-electron chi connectivity index (χ2n) is 7.15. The summed E-state index contributed by atoms with van der Waals surface area (Å²) >= 11 is 11.9. The Bertz CT molecular complexity index is 851. The second-order valence-corrected chi connectivity index (χ2v) is 9.53. The van der Waals surface area contributed by atoms with Crippen LogP contribution in [0.25, 0.3) is 0 Å². The molecule has 0 aliphatic heterocycles. The van der Waals surface area contributed by atoms with Crippen molar-refractivity contribution < 1.29 is 22.7 Å². The summed E-state index contributed by atoms with van der Waals surface area (Å²) in [5.41, 5.74) is 0.0277. The lowest BCUT2D eigenvalue weighted by Crippen LogP contribution is -2.23. The summed E-state index contributed by atoms with van der Waals surface area (Å²) in [5, 5.41) is 7.26. The molecular weight excluding hydrogens is 415 g/mol. The molecule has 2 aliphatic carbocycles. The summed E-state index contributed by atoms with van der Waals surface area (Å²) in [6, 6.07) is 2.17. The summed E-state index contributed by atoms with van der Waals surface area (Å²) in [4.78, 5) is 23.7. The molecule has 0 spiro atoms. The topological polar surface area (TPSA) is 116 Å². The number of hydrogen-bond donors (Lipinski definition) is 2. The van der Waals surface area contributed by atoms with E-state index in [-0.39, 0.29) is 20.6 Å². The number of ether oxygens (including phenoxy) is 1. The monoisotopic (exact) mass is 434 g/mol. The molecule has 1 amide bonds. The third kappa shape index (κ3) is 4.93. The third-order valence-electron chi connectivity index (χ3n) is 5.29. The molecular formula is C17H20Cl2N2O5S. The normalized spacial score (nSPS) is 24.0. The number of esters is 1. The van der Waals surface area contributed by atoms with Crippen molar-refractivity contribution in [3.05, 3.63) is 22.2 Å². The van der Waals surface area contributed by atoms with Gasteiger partial charge in [-0.05, 0) is 49.1 Å². The Morgan fingerprint density at radius 3 is 2.37 bits per heavy atom. The van der Waals surface area contributed by atoms with Crippen molar-refractivity contribution in [3.63, 3.8) is 0 Å². The van der Waals surface area contributed by atoms with Crippen molar-refractivity contribution in [2.24, 2.45) is 22.9 Å². The molecule has 2 aliphatic rings. The average Bonchev–Trinajstić information content (AvgIpc) is 3.18. The van der Waals surface area contributed by atoms with E-state index in [1.165, 1.54) is 19.3 Å². The van der Waals surface area contributed by atoms with Crippen molar-refractivity contribution in [1.82, 2.24) is 0 Å². The molecule has 0 unspecified atom stereocenters. The van der Waals surface area contributed by atoms with Gasteiger partial charge in [0.1, 0.15) is 0 Å². The fourth-order valence-corrected chi connectivity index (χ4v) is 5.33. The molecule has 2 bridgehead atoms. The fraction of sp³-hybridized carbons (Fsp3) is 0.529. The van der Waals surface area contributed by atoms with Gasteiger partial charge in [-0.3, -0.25) is 9.59 Å². The molecule has 3 atom stereocenters. The molecule has 0 saturated heterocycles. The van der Waals surface area contributed by atoms with Gasteiger partial charge in [0, 0.05) is 6.42 Å². The first kappa shape index (κ1) is 20.4. The van der Waals surface area contributed by atoms with Gasteiger partial charge in [0.15, 0.2) is 6.61 Å². The lowest BCUT2D eigenvalue weighted by molar-refractivity contribution is -0.148. The number of anilines is 1. The van der Waals surface area contributed by atoms with Crippen molar-refractivity contribution in [2.75, 3.05) is 11.9 Å². The Kier molecular flexibility index (Phi) is 6.00. The Morgan fingerprint density at radius 1 is 1.19 bits per heavy atom. The maximum absolute atomic E-state index is 12.0. The van der Waals surface area contributed by atoms with Crippen LogP contribution in [0.5, 0.6) is 0 Å². The van der Waals surface area contributed by atoms with E-state index >= 15 is 0 Å². The number of fused-ring (bicyclic) bond motifs is 2. The number of primary sulfonamides is 1. The molecule has 2 saturated carbocycles. The first-order valence-corrected chi connectivity index (χ1v) is 10.9. The van der Waals surface area contributed by atoms with E-state index in [1.54, 1.807) is 0 Å². The van der Waals surface area contributed by atoms with Crippen LogP contribution in [0.1, 0.15) is 32.1 Å². The van der Waals surface area contributed by atoms with Gasteiger partial charge in [0.2, 0.25) is 10.0 Å². The van der Waals surface area contributed by atoms with Crippen LogP contribution in [-0.2, 0) is 24.3 Å². The number of nitrogens with one attached hydrogen (secondary N) is 1. The van der Waals surface area contributed by atoms with E-state index in [9.17, 15) is 18.0 Å². The van der Waals surface area contributed by atoms with Crippen LogP contribution in [0.15, 0.2) is 17.0 Å². The van der Waals surface area contributed by atoms with Crippen LogP contribution in [0.3, 0.4) is 0 Å². The third-order valence-corrected chi connectivity index (χ3v) is 6.78. The number of nitrogens with two attached hydrogens (primary N) is 1. The van der Waals surface area contributed by atoms with Gasteiger partial charge >= 0.3 is 5.97 Å². The van der Waals surface area contributed by atoms with Crippen molar-refractivity contribution in [2.45, 2.75) is 37.0 Å². The number of carbonyl (C=O) groups excluding carboxylic acids is 2. The van der Waals surface area contributed by atoms with E-state index in [0.717, 1.165) is 24.5 Å². The number of hydrogen-bond acceptors (Lipinski definition) is 5. The van der Waals surface area contributed by atoms with E-state index in [2.05, 4.69) is 5.32 Å². The predicted octanol–water partition coefficient (Wildman–Crippen LogP) is 2.95. The van der Waals surface area contributed by atoms with Gasteiger partial charge in [-0.25, -0.2) is 13.6 Å². The molecule has 2 fully saturated rings. The minimum Gasteiger partial charge on any atom is -0.456 e. The summed E-state index contributed by atoms with van der Waals surface area (Å²) < 4.78 is 27.8. The first-order chi connectivity index (χ1) is 12.6. The smallest absolute Gasteiger partial charge is 0.306 e. The highest BCUT2D eigenvalue weighted by atomic mass is 35.5. The maximum atomic E-state index is 12.0. The summed E-state index contributed by atoms with van der Waals surface area (Å²) in [6.45, 7) is -0.469. The molecule has 0 radical (unpaired) electrons. The number of benzene rings is 1. The Balaban J connectivity index is 1.52. The van der Waals surface area contributed by atoms with E-state index in [1.807, 2.05) is 0 Å². The van der Waals surface area contributed by atoms with Gasteiger partial charge in [0.05, 0.1) is 20.6 Å². The molecule has 0 heterocycles. The van der Waals surface area contributed by atoms with E-state index in [4.69, 9.17) is 33.1 Å². The van der Waals surface area contributed by atoms with Crippen LogP contribution >= 0.6 is 23.2 Å². The van der Waals surface area contributed by atoms with Crippen molar-refractivity contribution in [1.29, 1.82) is 0 Å². The Labute approximate surface area is 167 Å². The van der Waals surface area contributed by atoms with Crippen LogP contribution < -0.4 is 10.5 Å². The molecule has 1 aromatic carbocycles. The highest BCUT2D eigenvalue weighted by Crippen LogP contribution is 2.49. The standard InChI is InChI=1S/C17H20Cl2N2O5S/c18-13-6-12(27(20,24)25)7-14(19)17(13)21-15(22)8-26-16(23)5-11-4-9-1-2-10(11)3-9/h6-7,9-11H,1-5,8H2,(H,21,22)(H2,20,24,25)/t9-,10-,11-/m0/s1. The number of amides is 1. The van der Waals surface area contributed by atoms with Crippen LogP contribution in [0, 0.1) is 17.8 Å². The summed E-state index contributed by atoms with van der Waals surface area (Å²) in [7, 11) is -3.98. The van der Waals surface area contributed by atoms with E-state index < -0.39 is 28.5 Å². The first-order valence-electron chi connectivity index (χ1n) is 8.61. The van der Waals surface area contributed by atoms with Crippen molar-refractivity contribution >= 4 is 50.8 Å². The molecule has 27 heavy (non-hydrogen) atoms. The number of sulfonamides is 1. The minimum atomic E-state index is -3.98. The van der Waals surface area contributed by atoms with Gasteiger partial charge in [-0.1, -0.05) is 29.6 Å². The summed E-state index contributed by atoms with van der Waals surface area (Å²) in [5.74, 6) is 0.675. The summed E-state index contributed by atoms with van der Waals surface area (Å²) in [6.07, 6.45) is 5.02. The predicted molar refractivity (Wildman–Crippen MR) is 101 cm³/mol. The molecule has 10 heteroatoms.